The van der Waals surface area contributed by atoms with E-state index in [-0.39, 0.29) is 18.1 Å². The van der Waals surface area contributed by atoms with Gasteiger partial charge in [0.1, 0.15) is 5.75 Å². The summed E-state index contributed by atoms with van der Waals surface area (Å²) < 4.78 is 11.1. The van der Waals surface area contributed by atoms with Gasteiger partial charge in [-0.3, -0.25) is 4.79 Å². The molecular weight excluding hydrogens is 312 g/mol. The lowest BCUT2D eigenvalue weighted by Crippen LogP contribution is -2.47. The lowest BCUT2D eigenvalue weighted by Gasteiger charge is -2.35. The van der Waals surface area contributed by atoms with Crippen LogP contribution >= 0.6 is 11.8 Å². The zero-order valence-corrected chi connectivity index (χ0v) is 14.3. The summed E-state index contributed by atoms with van der Waals surface area (Å²) in [4.78, 5) is 19.2. The van der Waals surface area contributed by atoms with E-state index in [9.17, 15) is 4.79 Å². The molecular formula is C17H20N2O3S. The van der Waals surface area contributed by atoms with Crippen molar-refractivity contribution in [1.29, 1.82) is 0 Å². The van der Waals surface area contributed by atoms with E-state index in [1.165, 1.54) is 11.8 Å². The summed E-state index contributed by atoms with van der Waals surface area (Å²) >= 11 is 1.42. The molecule has 0 bridgehead atoms. The summed E-state index contributed by atoms with van der Waals surface area (Å²) in [6, 6.07) is 7.63. The maximum Gasteiger partial charge on any atom is 0.286 e. The number of nitrogens with zero attached hydrogens (tertiary/aromatic N) is 2. The van der Waals surface area contributed by atoms with Crippen LogP contribution in [0.4, 0.5) is 0 Å². The molecule has 0 aromatic heterocycles. The maximum atomic E-state index is 12.2. The molecule has 122 valence electrons. The van der Waals surface area contributed by atoms with Crippen molar-refractivity contribution < 1.29 is 14.3 Å². The van der Waals surface area contributed by atoms with E-state index in [0.29, 0.717) is 4.91 Å². The third kappa shape index (κ3) is 3.59. The molecule has 2 atom stereocenters. The summed E-state index contributed by atoms with van der Waals surface area (Å²) in [7, 11) is 1.62. The Hall–Kier alpha value is -1.79. The third-order valence-corrected chi connectivity index (χ3v) is 4.77. The number of benzene rings is 1. The first-order valence-corrected chi connectivity index (χ1v) is 8.44. The largest absolute Gasteiger partial charge is 0.496 e. The number of thioether (sulfide) groups is 1. The first-order chi connectivity index (χ1) is 11.1. The quantitative estimate of drug-likeness (QED) is 0.780. The van der Waals surface area contributed by atoms with Gasteiger partial charge in [0, 0.05) is 18.7 Å². The second kappa shape index (κ2) is 6.76. The fourth-order valence-electron chi connectivity index (χ4n) is 2.79. The highest BCUT2D eigenvalue weighted by Crippen LogP contribution is 2.33. The number of morpholine rings is 1. The number of carbonyl (C=O) groups is 1. The van der Waals surface area contributed by atoms with E-state index in [1.54, 1.807) is 7.11 Å². The van der Waals surface area contributed by atoms with Crippen LogP contribution in [0, 0.1) is 0 Å². The molecule has 1 aromatic rings. The molecule has 0 spiro atoms. The number of aliphatic imine (C=N–C) groups is 1. The Balaban J connectivity index is 1.78. The minimum atomic E-state index is -0.192. The molecule has 1 aromatic carbocycles. The molecule has 0 N–H and O–H groups in total. The fourth-order valence-corrected chi connectivity index (χ4v) is 3.72. The first-order valence-electron chi connectivity index (χ1n) is 7.63. The van der Waals surface area contributed by atoms with Crippen LogP contribution in [0.1, 0.15) is 19.4 Å². The zero-order valence-electron chi connectivity index (χ0n) is 13.5. The van der Waals surface area contributed by atoms with Crippen molar-refractivity contribution in [1.82, 2.24) is 4.90 Å². The Kier molecular flexibility index (Phi) is 4.73. The minimum absolute atomic E-state index is 0.138. The molecule has 0 saturated carbocycles. The van der Waals surface area contributed by atoms with Crippen LogP contribution in [0.25, 0.3) is 6.08 Å². The highest BCUT2D eigenvalue weighted by molar-refractivity contribution is 8.18. The van der Waals surface area contributed by atoms with Crippen LogP contribution in [0.2, 0.25) is 0 Å². The lowest BCUT2D eigenvalue weighted by molar-refractivity contribution is -0.113. The maximum absolute atomic E-state index is 12.2. The Morgan fingerprint density at radius 2 is 2.00 bits per heavy atom. The summed E-state index contributed by atoms with van der Waals surface area (Å²) in [6.45, 7) is 5.59. The van der Waals surface area contributed by atoms with Gasteiger partial charge >= 0.3 is 0 Å². The van der Waals surface area contributed by atoms with Crippen molar-refractivity contribution in [3.63, 3.8) is 0 Å². The van der Waals surface area contributed by atoms with E-state index >= 15 is 0 Å². The number of hydrogen-bond acceptors (Lipinski definition) is 5. The predicted molar refractivity (Wildman–Crippen MR) is 92.6 cm³/mol. The van der Waals surface area contributed by atoms with Crippen molar-refractivity contribution in [2.75, 3.05) is 20.2 Å². The number of ether oxygens (including phenoxy) is 2. The Morgan fingerprint density at radius 3 is 2.70 bits per heavy atom. The van der Waals surface area contributed by atoms with E-state index in [0.717, 1.165) is 29.6 Å². The monoisotopic (exact) mass is 332 g/mol. The van der Waals surface area contributed by atoms with Crippen molar-refractivity contribution in [3.8, 4) is 5.75 Å². The van der Waals surface area contributed by atoms with Crippen LogP contribution in [0.3, 0.4) is 0 Å². The Labute approximate surface area is 140 Å². The number of carbonyl (C=O) groups excluding carboxylic acids is 1. The van der Waals surface area contributed by atoms with E-state index < -0.39 is 0 Å². The molecule has 0 aliphatic carbocycles. The predicted octanol–water partition coefficient (Wildman–Crippen LogP) is 2.77. The fraction of sp³-hybridized carbons (Fsp3) is 0.412. The van der Waals surface area contributed by atoms with Crippen molar-refractivity contribution >= 4 is 28.9 Å². The summed E-state index contributed by atoms with van der Waals surface area (Å²) in [5.74, 6) is 0.554. The van der Waals surface area contributed by atoms with Gasteiger partial charge < -0.3 is 14.4 Å². The number of hydrogen-bond donors (Lipinski definition) is 0. The minimum Gasteiger partial charge on any atom is -0.496 e. The van der Waals surface area contributed by atoms with Gasteiger partial charge in [-0.15, -0.1) is 0 Å². The Morgan fingerprint density at radius 1 is 1.30 bits per heavy atom. The molecule has 23 heavy (non-hydrogen) atoms. The number of amides is 1. The van der Waals surface area contributed by atoms with E-state index in [1.807, 2.05) is 44.2 Å². The van der Waals surface area contributed by atoms with Crippen LogP contribution in [0.15, 0.2) is 34.2 Å². The molecule has 2 aliphatic heterocycles. The smallest absolute Gasteiger partial charge is 0.286 e. The molecule has 5 nitrogen and oxygen atoms in total. The van der Waals surface area contributed by atoms with Crippen molar-refractivity contribution in [3.05, 3.63) is 34.7 Å². The number of para-hydroxylation sites is 1. The lowest BCUT2D eigenvalue weighted by atomic mass is 10.2. The number of rotatable bonds is 2. The van der Waals surface area contributed by atoms with Gasteiger partial charge in [-0.1, -0.05) is 18.2 Å². The molecule has 1 saturated heterocycles. The summed E-state index contributed by atoms with van der Waals surface area (Å²) in [6.07, 6.45) is 2.12. The van der Waals surface area contributed by atoms with Gasteiger partial charge in [-0.05, 0) is 37.8 Å². The molecule has 2 unspecified atom stereocenters. The van der Waals surface area contributed by atoms with Gasteiger partial charge in [-0.25, -0.2) is 0 Å². The van der Waals surface area contributed by atoms with Gasteiger partial charge in [0.05, 0.1) is 24.2 Å². The average molecular weight is 332 g/mol. The second-order valence-electron chi connectivity index (χ2n) is 5.71. The first kappa shape index (κ1) is 16.1. The molecule has 1 fully saturated rings. The van der Waals surface area contributed by atoms with Gasteiger partial charge in [0.25, 0.3) is 5.91 Å². The average Bonchev–Trinajstić information content (AvgIpc) is 2.88. The second-order valence-corrected chi connectivity index (χ2v) is 6.72. The van der Waals surface area contributed by atoms with Gasteiger partial charge in [0.2, 0.25) is 0 Å². The molecule has 2 aliphatic rings. The van der Waals surface area contributed by atoms with Crippen LogP contribution in [0.5, 0.6) is 5.75 Å². The summed E-state index contributed by atoms with van der Waals surface area (Å²) in [5, 5.41) is 0.762. The number of methoxy groups -OCH3 is 1. The highest BCUT2D eigenvalue weighted by Gasteiger charge is 2.31. The van der Waals surface area contributed by atoms with Gasteiger partial charge in [0.15, 0.2) is 5.17 Å². The van der Waals surface area contributed by atoms with E-state index in [4.69, 9.17) is 9.47 Å². The molecule has 6 heteroatoms. The topological polar surface area (TPSA) is 51.1 Å². The molecule has 0 radical (unpaired) electrons. The Bertz CT molecular complexity index is 662. The standard InChI is InChI=1S/C17H20N2O3S/c1-11-9-19(10-12(2)22-11)17-18-16(20)15(23-17)8-13-6-4-5-7-14(13)21-3/h4-8,11-12H,9-10H2,1-3H3. The molecule has 2 heterocycles. The SMILES string of the molecule is COc1ccccc1C=C1SC(N2CC(C)OC(C)C2)=NC1=O. The van der Waals surface area contributed by atoms with Gasteiger partial charge in [-0.2, -0.15) is 4.99 Å². The van der Waals surface area contributed by atoms with Crippen LogP contribution < -0.4 is 4.74 Å². The highest BCUT2D eigenvalue weighted by atomic mass is 32.2. The normalized spacial score (nSPS) is 26.6. The van der Waals surface area contributed by atoms with Crippen LogP contribution in [-0.2, 0) is 9.53 Å². The summed E-state index contributed by atoms with van der Waals surface area (Å²) in [5.41, 5.74) is 0.881. The molecule has 1 amide bonds. The molecule has 3 rings (SSSR count). The van der Waals surface area contributed by atoms with Crippen LogP contribution in [-0.4, -0.2) is 48.4 Å². The van der Waals surface area contributed by atoms with E-state index in [2.05, 4.69) is 9.89 Å². The number of amidine groups is 1. The zero-order chi connectivity index (χ0) is 16.4. The van der Waals surface area contributed by atoms with Crippen molar-refractivity contribution in [2.24, 2.45) is 4.99 Å². The van der Waals surface area contributed by atoms with Crippen molar-refractivity contribution in [2.45, 2.75) is 26.1 Å². The third-order valence-electron chi connectivity index (χ3n) is 3.72.